The summed E-state index contributed by atoms with van der Waals surface area (Å²) in [5.74, 6) is -0.606. The zero-order valence-electron chi connectivity index (χ0n) is 4.33. The van der Waals surface area contributed by atoms with Gasteiger partial charge in [0.2, 0.25) is 0 Å². The first-order valence-corrected chi connectivity index (χ1v) is 1.57. The van der Waals surface area contributed by atoms with Gasteiger partial charge in [-0.3, -0.25) is 0 Å². The van der Waals surface area contributed by atoms with E-state index in [0.29, 0.717) is 0 Å². The van der Waals surface area contributed by atoms with Crippen LogP contribution < -0.4 is 0 Å². The Morgan fingerprint density at radius 2 is 2.25 bits per heavy atom. The molecule has 0 saturated heterocycles. The van der Waals surface area contributed by atoms with Gasteiger partial charge >= 0.3 is 13.7 Å². The van der Waals surface area contributed by atoms with E-state index in [0.717, 1.165) is 6.92 Å². The molecule has 4 nitrogen and oxygen atoms in total. The third-order valence-corrected chi connectivity index (χ3v) is 0.208. The first kappa shape index (κ1) is 11.4. The summed E-state index contributed by atoms with van der Waals surface area (Å²) in [6.45, 7) is 1.16. The van der Waals surface area contributed by atoms with E-state index in [1.165, 1.54) is 0 Å². The summed E-state index contributed by atoms with van der Waals surface area (Å²) < 4.78 is 0. The van der Waals surface area contributed by atoms with Gasteiger partial charge in [-0.25, -0.2) is 9.60 Å². The van der Waals surface area contributed by atoms with Gasteiger partial charge in [-0.2, -0.15) is 0 Å². The molecule has 0 amide bonds. The van der Waals surface area contributed by atoms with Crippen molar-refractivity contribution in [1.82, 2.24) is 0 Å². The van der Waals surface area contributed by atoms with E-state index in [2.05, 4.69) is 9.69 Å². The van der Waals surface area contributed by atoms with Gasteiger partial charge in [-0.15, -0.1) is 0 Å². The molecule has 0 aliphatic carbocycles. The Morgan fingerprint density at radius 3 is 2.38 bits per heavy atom. The SMILES string of the molecule is CC(=O)OO[B]O.[Y]. The first-order valence-electron chi connectivity index (χ1n) is 1.57. The molecule has 0 aliphatic heterocycles. The molecule has 42 valence electrons. The Hall–Kier alpha value is 0.559. The summed E-state index contributed by atoms with van der Waals surface area (Å²) in [6.07, 6.45) is 0. The number of carbonyl (C=O) groups excluding carboxylic acids is 1. The van der Waals surface area contributed by atoms with Crippen molar-refractivity contribution < 1.29 is 52.2 Å². The van der Waals surface area contributed by atoms with Crippen LogP contribution in [0.15, 0.2) is 0 Å². The molecular formula is C2H4BO4Y. The molecule has 0 unspecified atom stereocenters. The summed E-state index contributed by atoms with van der Waals surface area (Å²) in [6, 6.07) is 0. The third kappa shape index (κ3) is 9.75. The average Bonchev–Trinajstić information content (AvgIpc) is 1.61. The molecule has 0 fully saturated rings. The average molecular weight is 192 g/mol. The van der Waals surface area contributed by atoms with Crippen LogP contribution in [-0.2, 0) is 47.2 Å². The first-order chi connectivity index (χ1) is 3.27. The van der Waals surface area contributed by atoms with Crippen molar-refractivity contribution in [3.8, 4) is 0 Å². The number of carbonyl (C=O) groups is 1. The van der Waals surface area contributed by atoms with Gasteiger partial charge in [0.1, 0.15) is 0 Å². The normalized spacial score (nSPS) is 6.75. The second-order valence-corrected chi connectivity index (χ2v) is 0.777. The maximum atomic E-state index is 9.72. The van der Waals surface area contributed by atoms with Crippen molar-refractivity contribution >= 4 is 13.7 Å². The summed E-state index contributed by atoms with van der Waals surface area (Å²) in [5, 5.41) is 7.69. The van der Waals surface area contributed by atoms with E-state index in [1.54, 1.807) is 0 Å². The number of hydrogen-bond acceptors (Lipinski definition) is 4. The third-order valence-electron chi connectivity index (χ3n) is 0.208. The molecule has 0 aromatic heterocycles. The Balaban J connectivity index is 0. The molecule has 0 heterocycles. The van der Waals surface area contributed by atoms with Crippen LogP contribution in [0, 0.1) is 0 Å². The van der Waals surface area contributed by atoms with Crippen molar-refractivity contribution in [2.45, 2.75) is 6.92 Å². The van der Waals surface area contributed by atoms with E-state index in [4.69, 9.17) is 5.02 Å². The van der Waals surface area contributed by atoms with Gasteiger partial charge < -0.3 is 9.91 Å². The van der Waals surface area contributed by atoms with Crippen molar-refractivity contribution in [3.63, 3.8) is 0 Å². The molecule has 0 atom stereocenters. The summed E-state index contributed by atoms with van der Waals surface area (Å²) in [7, 11) is 0.279. The molecule has 0 aromatic carbocycles. The van der Waals surface area contributed by atoms with Gasteiger partial charge in [-0.1, -0.05) is 0 Å². The topological polar surface area (TPSA) is 55.8 Å². The molecule has 0 aromatic rings. The number of rotatable bonds is 2. The molecule has 0 spiro atoms. The van der Waals surface area contributed by atoms with Crippen molar-refractivity contribution in [2.75, 3.05) is 0 Å². The van der Waals surface area contributed by atoms with Gasteiger partial charge in [0.05, 0.1) is 0 Å². The summed E-state index contributed by atoms with van der Waals surface area (Å²) in [5.41, 5.74) is 0. The monoisotopic (exact) mass is 192 g/mol. The van der Waals surface area contributed by atoms with Crippen LogP contribution in [0.5, 0.6) is 0 Å². The number of hydrogen-bond donors (Lipinski definition) is 1. The van der Waals surface area contributed by atoms with Crippen molar-refractivity contribution in [1.29, 1.82) is 0 Å². The quantitative estimate of drug-likeness (QED) is 0.346. The van der Waals surface area contributed by atoms with Gasteiger partial charge in [-0.05, 0) is 0 Å². The van der Waals surface area contributed by atoms with Gasteiger partial charge in [0.25, 0.3) is 0 Å². The van der Waals surface area contributed by atoms with E-state index in [-0.39, 0.29) is 40.4 Å². The van der Waals surface area contributed by atoms with Crippen LogP contribution in [-0.4, -0.2) is 18.7 Å². The van der Waals surface area contributed by atoms with E-state index in [9.17, 15) is 4.79 Å². The Labute approximate surface area is 72.7 Å². The molecule has 0 rings (SSSR count). The van der Waals surface area contributed by atoms with E-state index in [1.807, 2.05) is 0 Å². The van der Waals surface area contributed by atoms with Gasteiger partial charge in [0, 0.05) is 39.6 Å². The largest absolute Gasteiger partial charge is 0.539 e. The maximum absolute atomic E-state index is 9.72. The summed E-state index contributed by atoms with van der Waals surface area (Å²) >= 11 is 0. The smallest absolute Gasteiger partial charge is 0.426 e. The van der Waals surface area contributed by atoms with Gasteiger partial charge in [0.15, 0.2) is 0 Å². The predicted octanol–water partition coefficient (Wildman–Crippen LogP) is -0.995. The fraction of sp³-hybridized carbons (Fsp3) is 0.500. The van der Waals surface area contributed by atoms with Crippen molar-refractivity contribution in [2.24, 2.45) is 0 Å². The molecule has 1 N–H and O–H groups in total. The Kier molecular flexibility index (Phi) is 10.7. The fourth-order valence-corrected chi connectivity index (χ4v) is 0.0893. The second-order valence-electron chi connectivity index (χ2n) is 0.777. The zero-order chi connectivity index (χ0) is 5.70. The van der Waals surface area contributed by atoms with Crippen LogP contribution >= 0.6 is 0 Å². The summed E-state index contributed by atoms with van der Waals surface area (Å²) in [4.78, 5) is 17.1. The minimum atomic E-state index is -0.606. The van der Waals surface area contributed by atoms with Crippen LogP contribution in [0.1, 0.15) is 6.92 Å². The molecular weight excluding hydrogens is 188 g/mol. The van der Waals surface area contributed by atoms with E-state index >= 15 is 0 Å². The molecule has 6 heteroatoms. The van der Waals surface area contributed by atoms with Crippen LogP contribution in [0.3, 0.4) is 0 Å². The zero-order valence-corrected chi connectivity index (χ0v) is 7.16. The van der Waals surface area contributed by atoms with Crippen LogP contribution in [0.2, 0.25) is 0 Å². The predicted molar refractivity (Wildman–Crippen MR) is 20.8 cm³/mol. The molecule has 0 saturated carbocycles. The molecule has 0 aliphatic rings. The Morgan fingerprint density at radius 1 is 1.75 bits per heavy atom. The fourth-order valence-electron chi connectivity index (χ4n) is 0.0893. The minimum Gasteiger partial charge on any atom is -0.426 e. The minimum absolute atomic E-state index is 0. The maximum Gasteiger partial charge on any atom is 0.539 e. The molecule has 2 radical (unpaired) electrons. The second kappa shape index (κ2) is 7.56. The molecule has 8 heavy (non-hydrogen) atoms. The van der Waals surface area contributed by atoms with E-state index < -0.39 is 5.97 Å². The van der Waals surface area contributed by atoms with Crippen LogP contribution in [0.4, 0.5) is 0 Å². The van der Waals surface area contributed by atoms with Crippen LogP contribution in [0.25, 0.3) is 0 Å². The Bertz CT molecular complexity index is 67.1. The van der Waals surface area contributed by atoms with Crippen molar-refractivity contribution in [3.05, 3.63) is 0 Å². The molecule has 0 bridgehead atoms. The standard InChI is InChI=1S/C2H4BO4.Y/c1-2(4)6-7-3-5;/h5H,1H3;.